The average molecular weight is 331 g/mol. The summed E-state index contributed by atoms with van der Waals surface area (Å²) in [6, 6.07) is 6.24. The summed E-state index contributed by atoms with van der Waals surface area (Å²) in [6.07, 6.45) is 4.69. The predicted octanol–water partition coefficient (Wildman–Crippen LogP) is 2.34. The summed E-state index contributed by atoms with van der Waals surface area (Å²) in [5, 5.41) is 5.94. The molecule has 0 bridgehead atoms. The van der Waals surface area contributed by atoms with Crippen LogP contribution >= 0.6 is 0 Å². The predicted molar refractivity (Wildman–Crippen MR) is 86.7 cm³/mol. The van der Waals surface area contributed by atoms with Crippen LogP contribution in [-0.2, 0) is 4.79 Å². The Morgan fingerprint density at radius 2 is 1.88 bits per heavy atom. The fourth-order valence-corrected chi connectivity index (χ4v) is 3.51. The summed E-state index contributed by atoms with van der Waals surface area (Å²) in [7, 11) is 0. The van der Waals surface area contributed by atoms with Crippen molar-refractivity contribution in [2.45, 2.75) is 50.2 Å². The number of nitrogens with one attached hydrogen (secondary N) is 2. The molecule has 3 aliphatic rings. The van der Waals surface area contributed by atoms with Gasteiger partial charge in [-0.05, 0) is 49.3 Å². The molecule has 1 aromatic carbocycles. The van der Waals surface area contributed by atoms with E-state index in [2.05, 4.69) is 10.6 Å². The van der Waals surface area contributed by atoms with Crippen molar-refractivity contribution in [1.29, 1.82) is 0 Å². The van der Waals surface area contributed by atoms with Crippen molar-refractivity contribution in [1.82, 2.24) is 15.5 Å². The maximum atomic E-state index is 13.1. The molecule has 0 spiro atoms. The summed E-state index contributed by atoms with van der Waals surface area (Å²) < 4.78 is 13.1. The Labute approximate surface area is 140 Å². The second-order valence-corrected chi connectivity index (χ2v) is 7.16. The highest BCUT2D eigenvalue weighted by Gasteiger charge is 2.40. The van der Waals surface area contributed by atoms with E-state index in [1.807, 2.05) is 4.90 Å². The molecule has 2 saturated carbocycles. The normalized spacial score (nSPS) is 24.8. The first kappa shape index (κ1) is 15.4. The highest BCUT2D eigenvalue weighted by molar-refractivity contribution is 5.82. The van der Waals surface area contributed by atoms with Crippen molar-refractivity contribution in [2.24, 2.45) is 5.92 Å². The number of hydrogen-bond donors (Lipinski definition) is 2. The molecule has 1 aromatic rings. The highest BCUT2D eigenvalue weighted by atomic mass is 19.1. The number of halogens is 1. The molecule has 2 atom stereocenters. The Kier molecular flexibility index (Phi) is 3.90. The van der Waals surface area contributed by atoms with E-state index in [1.54, 1.807) is 12.1 Å². The number of hydrogen-bond acceptors (Lipinski definition) is 2. The molecule has 5 nitrogen and oxygen atoms in total. The van der Waals surface area contributed by atoms with Gasteiger partial charge in [0.15, 0.2) is 0 Å². The molecule has 2 aliphatic carbocycles. The van der Waals surface area contributed by atoms with E-state index >= 15 is 0 Å². The van der Waals surface area contributed by atoms with Crippen LogP contribution in [0.25, 0.3) is 0 Å². The van der Waals surface area contributed by atoms with Crippen molar-refractivity contribution in [3.8, 4) is 0 Å². The molecule has 128 valence electrons. The maximum Gasteiger partial charge on any atom is 0.315 e. The first-order chi connectivity index (χ1) is 11.6. The van der Waals surface area contributed by atoms with Crippen LogP contribution in [0.4, 0.5) is 9.18 Å². The lowest BCUT2D eigenvalue weighted by atomic mass is 10.0. The molecular weight excluding hydrogens is 309 g/mol. The molecule has 0 unspecified atom stereocenters. The lowest BCUT2D eigenvalue weighted by molar-refractivity contribution is -0.128. The van der Waals surface area contributed by atoms with Crippen molar-refractivity contribution in [3.63, 3.8) is 0 Å². The smallest absolute Gasteiger partial charge is 0.315 e. The average Bonchev–Trinajstić information content (AvgIpc) is 3.45. The standard InChI is InChI=1S/C18H22FN3O2/c19-13-5-3-12(4-6-13)17(11-1-2-11)21-18(24)20-14-9-16(23)22(10-14)15-7-8-15/h3-6,11,14-15,17H,1-2,7-10H2,(H2,20,21,24)/t14-,17-/m1/s1. The monoisotopic (exact) mass is 331 g/mol. The van der Waals surface area contributed by atoms with Gasteiger partial charge in [0.2, 0.25) is 5.91 Å². The van der Waals surface area contributed by atoms with Gasteiger partial charge in [-0.25, -0.2) is 9.18 Å². The molecule has 2 N–H and O–H groups in total. The van der Waals surface area contributed by atoms with Crippen molar-refractivity contribution in [2.75, 3.05) is 6.54 Å². The Bertz CT molecular complexity index is 640. The summed E-state index contributed by atoms with van der Waals surface area (Å²) in [4.78, 5) is 26.2. The van der Waals surface area contributed by atoms with Gasteiger partial charge in [-0.1, -0.05) is 12.1 Å². The fraction of sp³-hybridized carbons (Fsp3) is 0.556. The van der Waals surface area contributed by atoms with Crippen LogP contribution in [0.2, 0.25) is 0 Å². The van der Waals surface area contributed by atoms with Crippen LogP contribution in [-0.4, -0.2) is 35.5 Å². The molecular formula is C18H22FN3O2. The number of rotatable bonds is 5. The van der Waals surface area contributed by atoms with E-state index in [1.165, 1.54) is 12.1 Å². The van der Waals surface area contributed by atoms with Gasteiger partial charge in [-0.2, -0.15) is 0 Å². The van der Waals surface area contributed by atoms with E-state index in [0.29, 0.717) is 24.9 Å². The van der Waals surface area contributed by atoms with Crippen LogP contribution < -0.4 is 10.6 Å². The molecule has 3 amide bonds. The maximum absolute atomic E-state index is 13.1. The van der Waals surface area contributed by atoms with E-state index in [0.717, 1.165) is 31.2 Å². The number of likely N-dealkylation sites (tertiary alicyclic amines) is 1. The van der Waals surface area contributed by atoms with E-state index in [4.69, 9.17) is 0 Å². The number of nitrogens with zero attached hydrogens (tertiary/aromatic N) is 1. The van der Waals surface area contributed by atoms with Gasteiger partial charge < -0.3 is 15.5 Å². The first-order valence-electron chi connectivity index (χ1n) is 8.72. The van der Waals surface area contributed by atoms with Crippen LogP contribution in [0.3, 0.4) is 0 Å². The lowest BCUT2D eigenvalue weighted by Gasteiger charge is -2.21. The second kappa shape index (κ2) is 6.07. The largest absolute Gasteiger partial charge is 0.338 e. The highest BCUT2D eigenvalue weighted by Crippen LogP contribution is 2.41. The van der Waals surface area contributed by atoms with Crippen molar-refractivity contribution >= 4 is 11.9 Å². The Morgan fingerprint density at radius 1 is 1.17 bits per heavy atom. The third-order valence-electron chi connectivity index (χ3n) is 5.09. The van der Waals surface area contributed by atoms with Gasteiger partial charge in [0, 0.05) is 19.0 Å². The number of carbonyl (C=O) groups is 2. The molecule has 0 aromatic heterocycles. The molecule has 24 heavy (non-hydrogen) atoms. The molecule has 6 heteroatoms. The minimum atomic E-state index is -0.276. The Hall–Kier alpha value is -2.11. The summed E-state index contributed by atoms with van der Waals surface area (Å²) in [5.74, 6) is 0.275. The second-order valence-electron chi connectivity index (χ2n) is 7.16. The number of urea groups is 1. The summed E-state index contributed by atoms with van der Waals surface area (Å²) in [6.45, 7) is 0.613. The van der Waals surface area contributed by atoms with E-state index in [-0.39, 0.29) is 29.8 Å². The molecule has 1 aliphatic heterocycles. The Balaban J connectivity index is 1.35. The summed E-state index contributed by atoms with van der Waals surface area (Å²) >= 11 is 0. The molecule has 1 saturated heterocycles. The van der Waals surface area contributed by atoms with Crippen LogP contribution in [0.1, 0.15) is 43.7 Å². The molecule has 0 radical (unpaired) electrons. The third kappa shape index (κ3) is 3.37. The van der Waals surface area contributed by atoms with Crippen molar-refractivity contribution in [3.05, 3.63) is 35.6 Å². The summed E-state index contributed by atoms with van der Waals surface area (Å²) in [5.41, 5.74) is 0.927. The zero-order valence-corrected chi connectivity index (χ0v) is 13.5. The van der Waals surface area contributed by atoms with Gasteiger partial charge in [0.05, 0.1) is 12.1 Å². The first-order valence-corrected chi connectivity index (χ1v) is 8.72. The zero-order valence-electron chi connectivity index (χ0n) is 13.5. The number of carbonyl (C=O) groups excluding carboxylic acids is 2. The zero-order chi connectivity index (χ0) is 16.7. The topological polar surface area (TPSA) is 61.4 Å². The van der Waals surface area contributed by atoms with Gasteiger partial charge in [0.1, 0.15) is 5.82 Å². The van der Waals surface area contributed by atoms with Gasteiger partial charge >= 0.3 is 6.03 Å². The minimum absolute atomic E-state index is 0.0951. The quantitative estimate of drug-likeness (QED) is 0.870. The molecule has 1 heterocycles. The molecule has 4 rings (SSSR count). The molecule has 3 fully saturated rings. The lowest BCUT2D eigenvalue weighted by Crippen LogP contribution is -2.45. The van der Waals surface area contributed by atoms with Gasteiger partial charge in [0.25, 0.3) is 0 Å². The van der Waals surface area contributed by atoms with E-state index < -0.39 is 0 Å². The minimum Gasteiger partial charge on any atom is -0.338 e. The van der Waals surface area contributed by atoms with Gasteiger partial charge in [-0.15, -0.1) is 0 Å². The van der Waals surface area contributed by atoms with Crippen LogP contribution in [0.5, 0.6) is 0 Å². The van der Waals surface area contributed by atoms with E-state index in [9.17, 15) is 14.0 Å². The number of amides is 3. The van der Waals surface area contributed by atoms with Crippen LogP contribution in [0.15, 0.2) is 24.3 Å². The van der Waals surface area contributed by atoms with Crippen LogP contribution in [0, 0.1) is 11.7 Å². The third-order valence-corrected chi connectivity index (χ3v) is 5.09. The fourth-order valence-electron chi connectivity index (χ4n) is 3.51. The Morgan fingerprint density at radius 3 is 2.50 bits per heavy atom. The SMILES string of the molecule is O=C(N[C@@H]1CC(=O)N(C2CC2)C1)N[C@@H](c1ccc(F)cc1)C1CC1. The van der Waals surface area contributed by atoms with Crippen molar-refractivity contribution < 1.29 is 14.0 Å². The number of benzene rings is 1. The van der Waals surface area contributed by atoms with Gasteiger partial charge in [-0.3, -0.25) is 4.79 Å².